The summed E-state index contributed by atoms with van der Waals surface area (Å²) < 4.78 is 34.6. The van der Waals surface area contributed by atoms with Crippen LogP contribution in [0.3, 0.4) is 0 Å². The zero-order chi connectivity index (χ0) is 36.2. The molecule has 1 aliphatic rings. The van der Waals surface area contributed by atoms with E-state index in [-0.39, 0.29) is 17.0 Å². The maximum absolute atomic E-state index is 15.5. The lowest BCUT2D eigenvalue weighted by atomic mass is 10.1. The second-order valence-corrected chi connectivity index (χ2v) is 12.9. The van der Waals surface area contributed by atoms with E-state index >= 15 is 4.39 Å². The van der Waals surface area contributed by atoms with E-state index in [1.165, 1.54) is 22.8 Å². The number of halogens is 2. The lowest BCUT2D eigenvalue weighted by Gasteiger charge is -2.32. The maximum atomic E-state index is 15.5. The van der Waals surface area contributed by atoms with Crippen molar-refractivity contribution in [3.63, 3.8) is 0 Å². The number of benzene rings is 3. The van der Waals surface area contributed by atoms with Gasteiger partial charge < -0.3 is 29.3 Å². The first-order valence-corrected chi connectivity index (χ1v) is 17.2. The zero-order valence-electron chi connectivity index (χ0n) is 28.6. The van der Waals surface area contributed by atoms with E-state index in [1.807, 2.05) is 0 Å². The molecule has 0 spiro atoms. The summed E-state index contributed by atoms with van der Waals surface area (Å²) in [5, 5.41) is 4.31. The van der Waals surface area contributed by atoms with Crippen molar-refractivity contribution < 1.29 is 23.4 Å². The molecule has 1 amide bonds. The first kappa shape index (κ1) is 34.9. The van der Waals surface area contributed by atoms with Gasteiger partial charge in [0.15, 0.2) is 23.1 Å². The molecule has 7 rings (SSSR count). The Kier molecular flexibility index (Phi) is 10.3. The number of hydrogen-bond donors (Lipinski definition) is 1. The number of nitrogens with zero attached hydrogens (tertiary/aromatic N) is 5. The number of aromatic nitrogens is 3. The molecule has 0 aliphatic carbocycles. The van der Waals surface area contributed by atoms with Crippen molar-refractivity contribution in [1.82, 2.24) is 24.3 Å². The Labute approximate surface area is 304 Å². The number of methoxy groups -OCH3 is 1. The van der Waals surface area contributed by atoms with E-state index in [2.05, 4.69) is 32.1 Å². The molecular weight excluding hydrogens is 687 g/mol. The molecule has 1 aliphatic heterocycles. The first-order valence-electron chi connectivity index (χ1n) is 16.8. The quantitative estimate of drug-likeness (QED) is 0.145. The summed E-state index contributed by atoms with van der Waals surface area (Å²) in [6, 6.07) is 20.8. The first-order chi connectivity index (χ1) is 25.3. The number of amides is 1. The van der Waals surface area contributed by atoms with Gasteiger partial charge in [-0.3, -0.25) is 19.1 Å². The average molecular weight is 723 g/mol. The number of rotatable bonds is 11. The monoisotopic (exact) mass is 722 g/mol. The van der Waals surface area contributed by atoms with Gasteiger partial charge in [-0.2, -0.15) is 0 Å². The van der Waals surface area contributed by atoms with Crippen LogP contribution in [0.2, 0.25) is 5.02 Å². The van der Waals surface area contributed by atoms with Gasteiger partial charge in [0.2, 0.25) is 0 Å². The summed E-state index contributed by atoms with van der Waals surface area (Å²) in [6.45, 7) is 5.73. The molecule has 6 aromatic rings. The topological polar surface area (TPSA) is 111 Å². The Morgan fingerprint density at radius 3 is 2.48 bits per heavy atom. The molecule has 11 nitrogen and oxygen atoms in total. The van der Waals surface area contributed by atoms with E-state index in [4.69, 9.17) is 25.8 Å². The summed E-state index contributed by atoms with van der Waals surface area (Å²) in [5.74, 6) is -0.0916. The molecule has 0 atom stereocenters. The van der Waals surface area contributed by atoms with Gasteiger partial charge in [0, 0.05) is 78.7 Å². The van der Waals surface area contributed by atoms with Crippen molar-refractivity contribution in [2.75, 3.05) is 58.8 Å². The molecule has 0 unspecified atom stereocenters. The molecule has 3 aromatic heterocycles. The smallest absolute Gasteiger partial charge is 0.269 e. The van der Waals surface area contributed by atoms with E-state index in [9.17, 15) is 9.59 Å². The lowest BCUT2D eigenvalue weighted by Crippen LogP contribution is -2.44. The molecule has 1 saturated heterocycles. The Balaban J connectivity index is 1.07. The highest BCUT2D eigenvalue weighted by Crippen LogP contribution is 2.38. The van der Waals surface area contributed by atoms with Crippen LogP contribution < -0.4 is 25.1 Å². The third kappa shape index (κ3) is 7.54. The molecule has 0 bridgehead atoms. The number of carbonyl (C=O) groups excluding carboxylic acids is 1. The molecule has 0 radical (unpaired) electrons. The molecule has 266 valence electrons. The van der Waals surface area contributed by atoms with E-state index in [0.29, 0.717) is 56.5 Å². The Morgan fingerprint density at radius 2 is 1.71 bits per heavy atom. The van der Waals surface area contributed by atoms with Gasteiger partial charge in [0.05, 0.1) is 24.9 Å². The molecule has 1 fully saturated rings. The molecule has 1 N–H and O–H groups in total. The average Bonchev–Trinajstić information content (AvgIpc) is 3.15. The predicted octanol–water partition coefficient (Wildman–Crippen LogP) is 6.80. The fraction of sp³-hybridized carbons (Fsp3) is 0.231. The normalized spacial score (nSPS) is 13.7. The van der Waals surface area contributed by atoms with Gasteiger partial charge in [-0.05, 0) is 80.2 Å². The van der Waals surface area contributed by atoms with Crippen LogP contribution in [-0.2, 0) is 0 Å². The Morgan fingerprint density at radius 1 is 0.904 bits per heavy atom. The summed E-state index contributed by atoms with van der Waals surface area (Å²) in [6.07, 6.45) is 4.01. The number of fused-ring (bicyclic) bond motifs is 2. The third-order valence-corrected chi connectivity index (χ3v) is 9.21. The number of hydrogen-bond acceptors (Lipinski definition) is 9. The van der Waals surface area contributed by atoms with Crippen molar-refractivity contribution >= 4 is 45.1 Å². The number of ether oxygens (including phenoxy) is 3. The van der Waals surface area contributed by atoms with Crippen LogP contribution >= 0.6 is 11.6 Å². The van der Waals surface area contributed by atoms with Gasteiger partial charge in [-0.15, -0.1) is 0 Å². The minimum Gasteiger partial charge on any atom is -0.493 e. The van der Waals surface area contributed by atoms with Crippen LogP contribution in [0.25, 0.3) is 27.6 Å². The summed E-state index contributed by atoms with van der Waals surface area (Å²) in [5.41, 5.74) is 0.848. The van der Waals surface area contributed by atoms with Gasteiger partial charge in [0.25, 0.3) is 11.5 Å². The highest BCUT2D eigenvalue weighted by Gasteiger charge is 2.20. The SMILES string of the molecule is COc1cc2c(Oc3ccc(NC(=O)c4cc5cccnc5n(-c5ccc(Cl)cc5)c4=O)cc3F)ccnc2cc1OCCCN1CCN(C)CC1. The van der Waals surface area contributed by atoms with Crippen molar-refractivity contribution in [1.29, 1.82) is 0 Å². The van der Waals surface area contributed by atoms with E-state index in [1.54, 1.807) is 74.1 Å². The predicted molar refractivity (Wildman–Crippen MR) is 199 cm³/mol. The molecule has 0 saturated carbocycles. The third-order valence-electron chi connectivity index (χ3n) is 8.96. The van der Waals surface area contributed by atoms with Crippen LogP contribution in [0, 0.1) is 5.82 Å². The van der Waals surface area contributed by atoms with Crippen molar-refractivity contribution in [3.05, 3.63) is 118 Å². The molecule has 52 heavy (non-hydrogen) atoms. The van der Waals surface area contributed by atoms with Crippen LogP contribution in [0.4, 0.5) is 10.1 Å². The van der Waals surface area contributed by atoms with Gasteiger partial charge in [0.1, 0.15) is 17.0 Å². The summed E-state index contributed by atoms with van der Waals surface area (Å²) in [7, 11) is 3.70. The Bertz CT molecular complexity index is 2310. The second kappa shape index (κ2) is 15.4. The van der Waals surface area contributed by atoms with Gasteiger partial charge in [-0.25, -0.2) is 9.37 Å². The minimum atomic E-state index is -0.726. The van der Waals surface area contributed by atoms with Crippen LogP contribution in [0.1, 0.15) is 16.8 Å². The summed E-state index contributed by atoms with van der Waals surface area (Å²) >= 11 is 6.06. The fourth-order valence-corrected chi connectivity index (χ4v) is 6.27. The van der Waals surface area contributed by atoms with Crippen LogP contribution in [0.5, 0.6) is 23.0 Å². The van der Waals surface area contributed by atoms with Crippen LogP contribution in [0.15, 0.2) is 96.1 Å². The van der Waals surface area contributed by atoms with Crippen molar-refractivity contribution in [2.45, 2.75) is 6.42 Å². The fourth-order valence-electron chi connectivity index (χ4n) is 6.14. The van der Waals surface area contributed by atoms with E-state index in [0.717, 1.165) is 45.2 Å². The van der Waals surface area contributed by atoms with Gasteiger partial charge in [-0.1, -0.05) is 11.6 Å². The number of nitrogens with one attached hydrogen (secondary N) is 1. The largest absolute Gasteiger partial charge is 0.493 e. The second-order valence-electron chi connectivity index (χ2n) is 12.5. The number of pyridine rings is 3. The van der Waals surface area contributed by atoms with Crippen molar-refractivity contribution in [3.8, 4) is 28.7 Å². The number of piperazine rings is 1. The standard InChI is InChI=1S/C39H36ClFN6O5/c1-45-16-18-46(19-17-45)15-4-20-51-36-24-32-29(23-35(36)50-2)33(12-14-42-32)52-34-11-8-27(22-31(34)41)44-38(48)30-21-25-5-3-13-43-37(25)47(39(30)49)28-9-6-26(40)7-10-28/h3,5-14,21-24H,4,15-20H2,1-2H3,(H,44,48). The summed E-state index contributed by atoms with van der Waals surface area (Å²) in [4.78, 5) is 40.7. The highest BCUT2D eigenvalue weighted by molar-refractivity contribution is 6.30. The number of carbonyl (C=O) groups is 1. The Hall–Kier alpha value is -5.56. The molecule has 13 heteroatoms. The number of likely N-dealkylation sites (N-methyl/N-ethyl adjacent to an activating group) is 1. The number of anilines is 1. The van der Waals surface area contributed by atoms with Crippen molar-refractivity contribution in [2.24, 2.45) is 0 Å². The maximum Gasteiger partial charge on any atom is 0.269 e. The van der Waals surface area contributed by atoms with Crippen LogP contribution in [-0.4, -0.2) is 83.7 Å². The zero-order valence-corrected chi connectivity index (χ0v) is 29.4. The molecular formula is C39H36ClFN6O5. The van der Waals surface area contributed by atoms with E-state index < -0.39 is 17.3 Å². The minimum absolute atomic E-state index is 0.0735. The molecule has 3 aromatic carbocycles. The van der Waals surface area contributed by atoms with Gasteiger partial charge >= 0.3 is 0 Å². The highest BCUT2D eigenvalue weighted by atomic mass is 35.5. The lowest BCUT2D eigenvalue weighted by molar-refractivity contribution is 0.102. The molecule has 4 heterocycles.